The molecule has 0 saturated carbocycles. The van der Waals surface area contributed by atoms with Gasteiger partial charge in [-0.3, -0.25) is 0 Å². The van der Waals surface area contributed by atoms with Gasteiger partial charge in [0.05, 0.1) is 11.2 Å². The van der Waals surface area contributed by atoms with Crippen LogP contribution in [0.3, 0.4) is 0 Å². The minimum atomic E-state index is 1.05. The van der Waals surface area contributed by atoms with Crippen molar-refractivity contribution in [1.29, 1.82) is 0 Å². The Kier molecular flexibility index (Phi) is 5.94. The lowest BCUT2D eigenvalue weighted by Gasteiger charge is -2.11. The summed E-state index contributed by atoms with van der Waals surface area (Å²) in [6, 6.07) is 42.5. The molecule has 226 valence electrons. The normalized spacial score (nSPS) is 13.7. The van der Waals surface area contributed by atoms with Crippen LogP contribution >= 0.6 is 11.3 Å². The minimum absolute atomic E-state index is 1.05. The van der Waals surface area contributed by atoms with Crippen molar-refractivity contribution in [2.75, 3.05) is 0 Å². The number of allylic oxidation sites excluding steroid dienone is 4. The van der Waals surface area contributed by atoms with Crippen LogP contribution in [0.1, 0.15) is 35.2 Å². The molecule has 2 aliphatic carbocycles. The number of thiophene rings is 1. The largest absolute Gasteiger partial charge is 0.309 e. The van der Waals surface area contributed by atoms with Gasteiger partial charge in [-0.2, -0.15) is 0 Å². The van der Waals surface area contributed by atoms with Gasteiger partial charge in [-0.1, -0.05) is 104 Å². The summed E-state index contributed by atoms with van der Waals surface area (Å²) in [5.41, 5.74) is 15.0. The van der Waals surface area contributed by atoms with Crippen molar-refractivity contribution < 1.29 is 0 Å². The van der Waals surface area contributed by atoms with Crippen LogP contribution in [0.5, 0.6) is 0 Å². The van der Waals surface area contributed by atoms with Gasteiger partial charge in [-0.05, 0) is 117 Å². The van der Waals surface area contributed by atoms with E-state index in [2.05, 4.69) is 145 Å². The van der Waals surface area contributed by atoms with Gasteiger partial charge in [0.15, 0.2) is 0 Å². The van der Waals surface area contributed by atoms with E-state index in [4.69, 9.17) is 0 Å². The van der Waals surface area contributed by atoms with E-state index in [0.717, 1.165) is 35.3 Å². The van der Waals surface area contributed by atoms with Crippen molar-refractivity contribution in [2.45, 2.75) is 12.8 Å². The highest BCUT2D eigenvalue weighted by Gasteiger charge is 2.26. The molecule has 2 aliphatic rings. The first-order valence-electron chi connectivity index (χ1n) is 16.6. The van der Waals surface area contributed by atoms with Crippen molar-refractivity contribution in [3.8, 4) is 27.9 Å². The molecule has 10 rings (SSSR count). The number of fused-ring (bicyclic) bond motifs is 7. The van der Waals surface area contributed by atoms with Gasteiger partial charge >= 0.3 is 0 Å². The summed E-state index contributed by atoms with van der Waals surface area (Å²) in [7, 11) is 0. The molecule has 8 aromatic rings. The van der Waals surface area contributed by atoms with Crippen molar-refractivity contribution >= 4 is 76.5 Å². The summed E-state index contributed by atoms with van der Waals surface area (Å²) in [6.45, 7) is 8.44. The topological polar surface area (TPSA) is 4.93 Å². The third-order valence-corrected chi connectivity index (χ3v) is 11.5. The summed E-state index contributed by atoms with van der Waals surface area (Å²) >= 11 is 1.92. The average molecular weight is 630 g/mol. The Labute approximate surface area is 283 Å². The van der Waals surface area contributed by atoms with E-state index in [1.165, 1.54) is 80.9 Å². The lowest BCUT2D eigenvalue weighted by atomic mass is 9.94. The van der Waals surface area contributed by atoms with Crippen LogP contribution in [0.2, 0.25) is 0 Å². The summed E-state index contributed by atoms with van der Waals surface area (Å²) in [4.78, 5) is 0. The van der Waals surface area contributed by atoms with Gasteiger partial charge in [-0.25, -0.2) is 0 Å². The van der Waals surface area contributed by atoms with Crippen molar-refractivity contribution in [1.82, 2.24) is 4.57 Å². The molecule has 0 atom stereocenters. The van der Waals surface area contributed by atoms with Gasteiger partial charge in [0, 0.05) is 36.8 Å². The molecular weight excluding hydrogens is 599 g/mol. The van der Waals surface area contributed by atoms with Crippen LogP contribution in [-0.4, -0.2) is 4.57 Å². The monoisotopic (exact) mass is 629 g/mol. The Morgan fingerprint density at radius 1 is 0.604 bits per heavy atom. The molecule has 0 N–H and O–H groups in total. The molecule has 0 amide bonds. The molecule has 2 heterocycles. The number of hydrogen-bond donors (Lipinski definition) is 0. The minimum Gasteiger partial charge on any atom is -0.309 e. The highest BCUT2D eigenvalue weighted by Crippen LogP contribution is 2.51. The highest BCUT2D eigenvalue weighted by atomic mass is 32.1. The molecule has 0 aliphatic heterocycles. The van der Waals surface area contributed by atoms with Crippen molar-refractivity contribution in [3.63, 3.8) is 0 Å². The molecular formula is C46H31NS. The molecule has 0 bridgehead atoms. The Morgan fingerprint density at radius 2 is 1.38 bits per heavy atom. The van der Waals surface area contributed by atoms with Crippen LogP contribution in [0.15, 0.2) is 141 Å². The lowest BCUT2D eigenvalue weighted by molar-refractivity contribution is 1.06. The first-order chi connectivity index (χ1) is 23.7. The fourth-order valence-corrected chi connectivity index (χ4v) is 9.37. The van der Waals surface area contributed by atoms with Gasteiger partial charge in [0.25, 0.3) is 0 Å². The molecule has 0 saturated heterocycles. The van der Waals surface area contributed by atoms with Crippen LogP contribution < -0.4 is 0 Å². The Hall–Kier alpha value is -5.70. The number of hydrogen-bond acceptors (Lipinski definition) is 1. The fourth-order valence-electron chi connectivity index (χ4n) is 8.23. The van der Waals surface area contributed by atoms with E-state index in [0.29, 0.717) is 0 Å². The van der Waals surface area contributed by atoms with E-state index < -0.39 is 0 Å². The smallest absolute Gasteiger partial charge is 0.0541 e. The number of nitrogens with zero attached hydrogens (tertiary/aromatic N) is 1. The van der Waals surface area contributed by atoms with E-state index in [1.807, 2.05) is 23.5 Å². The standard InChI is InChI=1S/C46H31NS/c1-3-33-38-25-30(19-23-42(38)47(41(33)4-2)32-21-17-29(18-22-32)28-11-6-5-7-12-28)31-20-24-43-40(26-31)46-37-16-10-15-36-34-13-8-9-14-35(34)39(45(36)37)27-44(46)48-43/h3-8,10-13,15-27H,1-2,9,14H2. The van der Waals surface area contributed by atoms with Crippen molar-refractivity contribution in [2.24, 2.45) is 0 Å². The third kappa shape index (κ3) is 3.84. The van der Waals surface area contributed by atoms with Crippen LogP contribution in [-0.2, 0) is 0 Å². The first-order valence-corrected chi connectivity index (χ1v) is 17.5. The first kappa shape index (κ1) is 27.4. The SMILES string of the molecule is C=Cc1c(C=C)n(-c2ccc(-c3ccccc3)cc2)c2ccc(-c3ccc4sc5cc6c7c(cccc7c5c4c3)C3=C6CCC=C3)cc12. The molecule has 0 radical (unpaired) electrons. The molecule has 0 unspecified atom stereocenters. The second-order valence-electron chi connectivity index (χ2n) is 12.9. The molecule has 0 spiro atoms. The quantitative estimate of drug-likeness (QED) is 0.178. The summed E-state index contributed by atoms with van der Waals surface area (Å²) < 4.78 is 5.02. The zero-order valence-electron chi connectivity index (χ0n) is 26.5. The number of rotatable bonds is 5. The Morgan fingerprint density at radius 3 is 2.19 bits per heavy atom. The third-order valence-electron chi connectivity index (χ3n) is 10.4. The number of aromatic nitrogens is 1. The second-order valence-corrected chi connectivity index (χ2v) is 13.9. The van der Waals surface area contributed by atoms with Gasteiger partial charge in [0.2, 0.25) is 0 Å². The molecule has 6 aromatic carbocycles. The van der Waals surface area contributed by atoms with Crippen molar-refractivity contribution in [3.05, 3.63) is 163 Å². The summed E-state index contributed by atoms with van der Waals surface area (Å²) in [5.74, 6) is 0. The maximum atomic E-state index is 4.23. The van der Waals surface area contributed by atoms with Crippen LogP contribution in [0.4, 0.5) is 0 Å². The molecule has 2 aromatic heterocycles. The summed E-state index contributed by atoms with van der Waals surface area (Å²) in [5, 5.41) is 6.70. The van der Waals surface area contributed by atoms with E-state index in [-0.39, 0.29) is 0 Å². The zero-order chi connectivity index (χ0) is 31.9. The van der Waals surface area contributed by atoms with Crippen LogP contribution in [0.25, 0.3) is 93.1 Å². The van der Waals surface area contributed by atoms with Crippen LogP contribution in [0, 0.1) is 0 Å². The fraction of sp³-hybridized carbons (Fsp3) is 0.0435. The number of benzene rings is 6. The average Bonchev–Trinajstić information content (AvgIpc) is 3.79. The Bertz CT molecular complexity index is 2730. The predicted octanol–water partition coefficient (Wildman–Crippen LogP) is 13.3. The second kappa shape index (κ2) is 10.4. The van der Waals surface area contributed by atoms with Gasteiger partial charge < -0.3 is 4.57 Å². The van der Waals surface area contributed by atoms with Gasteiger partial charge in [0.1, 0.15) is 0 Å². The van der Waals surface area contributed by atoms with E-state index in [9.17, 15) is 0 Å². The maximum absolute atomic E-state index is 4.23. The van der Waals surface area contributed by atoms with E-state index in [1.54, 1.807) is 0 Å². The lowest BCUT2D eigenvalue weighted by Crippen LogP contribution is -1.96. The molecule has 0 fully saturated rings. The zero-order valence-corrected chi connectivity index (χ0v) is 27.3. The Balaban J connectivity index is 1.12. The molecule has 2 heteroatoms. The molecule has 1 nitrogen and oxygen atoms in total. The summed E-state index contributed by atoms with van der Waals surface area (Å²) in [6.07, 6.45) is 10.8. The predicted molar refractivity (Wildman–Crippen MR) is 210 cm³/mol. The molecule has 48 heavy (non-hydrogen) atoms. The highest BCUT2D eigenvalue weighted by molar-refractivity contribution is 7.26. The van der Waals surface area contributed by atoms with E-state index >= 15 is 0 Å². The maximum Gasteiger partial charge on any atom is 0.0541 e. The van der Waals surface area contributed by atoms with Gasteiger partial charge in [-0.15, -0.1) is 11.3 Å².